The van der Waals surface area contributed by atoms with Crippen molar-refractivity contribution in [3.63, 3.8) is 0 Å². The number of aliphatic hydroxyl groups is 1. The molecule has 0 radical (unpaired) electrons. The zero-order valence-electron chi connectivity index (χ0n) is 22.6. The van der Waals surface area contributed by atoms with E-state index in [1.54, 1.807) is 0 Å². The number of benzene rings is 1. The van der Waals surface area contributed by atoms with Crippen LogP contribution in [0.2, 0.25) is 0 Å². The zero-order valence-corrected chi connectivity index (χ0v) is 22.6. The third-order valence-electron chi connectivity index (χ3n) is 7.51. The summed E-state index contributed by atoms with van der Waals surface area (Å²) in [5.74, 6) is 2.35. The highest BCUT2D eigenvalue weighted by Gasteiger charge is 2.43. The Morgan fingerprint density at radius 2 is 1.65 bits per heavy atom. The molecule has 0 unspecified atom stereocenters. The fraction of sp³-hybridized carbons (Fsp3) is 0.704. The van der Waals surface area contributed by atoms with E-state index in [4.69, 9.17) is 24.5 Å². The molecule has 0 spiro atoms. The molecule has 10 heteroatoms. The summed E-state index contributed by atoms with van der Waals surface area (Å²) >= 11 is 0. The molecule has 0 aromatic heterocycles. The van der Waals surface area contributed by atoms with Crippen LogP contribution in [0.3, 0.4) is 0 Å². The lowest BCUT2D eigenvalue weighted by Gasteiger charge is -2.44. The second-order valence-corrected chi connectivity index (χ2v) is 10.5. The summed E-state index contributed by atoms with van der Waals surface area (Å²) in [6.07, 6.45) is 3.00. The van der Waals surface area contributed by atoms with Crippen molar-refractivity contribution < 1.29 is 29.6 Å². The molecule has 2 heterocycles. The highest BCUT2D eigenvalue weighted by Crippen LogP contribution is 2.39. The Hall–Kier alpha value is -2.24. The Balaban J connectivity index is 0.000000733. The first-order valence-corrected chi connectivity index (χ1v) is 13.2. The number of hydrogen-bond donors (Lipinski definition) is 3. The monoisotopic (exact) mass is 522 g/mol. The average molecular weight is 523 g/mol. The first-order valence-electron chi connectivity index (χ1n) is 13.2. The molecule has 3 fully saturated rings. The Bertz CT molecular complexity index is 784. The van der Waals surface area contributed by atoms with Gasteiger partial charge in [0.25, 0.3) is 12.9 Å². The second-order valence-electron chi connectivity index (χ2n) is 10.5. The van der Waals surface area contributed by atoms with Crippen molar-refractivity contribution in [1.29, 1.82) is 0 Å². The highest BCUT2D eigenvalue weighted by molar-refractivity contribution is 5.33. The van der Waals surface area contributed by atoms with Crippen LogP contribution >= 0.6 is 0 Å². The summed E-state index contributed by atoms with van der Waals surface area (Å²) < 4.78 is 5.97. The standard InChI is InChI=1S/C25H42N4O2.2CH2O2/c1-26(2)8-5-13-31-23-7-4-6-20(14-23)17-28-18-21-15-24(25(30)16-22(21)19-28)29-11-9-27(3)10-12-29;2*2-1-3/h4,6-7,14,21-22,24-25,30H,5,8-13,15-19H2,1-3H3;2*1H,(H,2,3)/t21-,22+,24-,25-;;/m1../s1. The summed E-state index contributed by atoms with van der Waals surface area (Å²) in [5, 5.41) is 24.7. The fourth-order valence-electron chi connectivity index (χ4n) is 5.74. The van der Waals surface area contributed by atoms with Crippen molar-refractivity contribution in [2.45, 2.75) is 38.0 Å². The average Bonchev–Trinajstić information content (AvgIpc) is 3.24. The van der Waals surface area contributed by atoms with Crippen molar-refractivity contribution >= 4 is 12.9 Å². The molecule has 1 aromatic carbocycles. The number of nitrogens with zero attached hydrogens (tertiary/aromatic N) is 4. The number of rotatable bonds is 8. The van der Waals surface area contributed by atoms with E-state index in [9.17, 15) is 5.11 Å². The van der Waals surface area contributed by atoms with Crippen LogP contribution < -0.4 is 4.74 Å². The van der Waals surface area contributed by atoms with Crippen molar-refractivity contribution in [1.82, 2.24) is 19.6 Å². The molecule has 0 amide bonds. The molecular formula is C27H46N4O6. The SMILES string of the molecule is CN(C)CCCOc1cccc(CN2C[C@H]3C[C@@H](N4CCN(C)CC4)[C@H](O)C[C@H]3C2)c1.O=CO.O=CO. The van der Waals surface area contributed by atoms with Gasteiger partial charge in [-0.2, -0.15) is 0 Å². The minimum Gasteiger partial charge on any atom is -0.494 e. The molecule has 2 saturated heterocycles. The van der Waals surface area contributed by atoms with Gasteiger partial charge in [0.1, 0.15) is 5.75 Å². The lowest BCUT2D eigenvalue weighted by molar-refractivity contribution is -0.123. The van der Waals surface area contributed by atoms with Crippen LogP contribution in [-0.2, 0) is 16.1 Å². The molecule has 10 nitrogen and oxygen atoms in total. The Labute approximate surface area is 221 Å². The molecule has 1 aliphatic carbocycles. The maximum absolute atomic E-state index is 10.9. The van der Waals surface area contributed by atoms with E-state index in [1.165, 1.54) is 5.56 Å². The normalized spacial score (nSPS) is 26.3. The van der Waals surface area contributed by atoms with Crippen LogP contribution in [0.5, 0.6) is 5.75 Å². The van der Waals surface area contributed by atoms with Gasteiger partial charge in [0.15, 0.2) is 0 Å². The minimum absolute atomic E-state index is 0.163. The zero-order chi connectivity index (χ0) is 27.2. The molecule has 210 valence electrons. The van der Waals surface area contributed by atoms with E-state index >= 15 is 0 Å². The molecule has 1 aromatic rings. The Morgan fingerprint density at radius 3 is 2.27 bits per heavy atom. The number of likely N-dealkylation sites (tertiary alicyclic amines) is 1. The predicted octanol–water partition coefficient (Wildman–Crippen LogP) is 1.24. The van der Waals surface area contributed by atoms with Crippen LogP contribution in [0.25, 0.3) is 0 Å². The quantitative estimate of drug-likeness (QED) is 0.340. The third-order valence-corrected chi connectivity index (χ3v) is 7.51. The number of ether oxygens (including phenoxy) is 1. The maximum Gasteiger partial charge on any atom is 0.290 e. The van der Waals surface area contributed by atoms with Gasteiger partial charge in [-0.3, -0.25) is 19.4 Å². The van der Waals surface area contributed by atoms with Crippen LogP contribution in [0, 0.1) is 11.8 Å². The molecule has 37 heavy (non-hydrogen) atoms. The van der Waals surface area contributed by atoms with E-state index in [1.807, 2.05) is 0 Å². The summed E-state index contributed by atoms with van der Waals surface area (Å²) in [7, 11) is 6.39. The number of likely N-dealkylation sites (N-methyl/N-ethyl adjacent to an activating group) is 1. The number of carboxylic acid groups (broad SMARTS) is 2. The van der Waals surface area contributed by atoms with Gasteiger partial charge in [-0.05, 0) is 69.9 Å². The Morgan fingerprint density at radius 1 is 1.03 bits per heavy atom. The van der Waals surface area contributed by atoms with Gasteiger partial charge in [0.05, 0.1) is 12.7 Å². The fourth-order valence-corrected chi connectivity index (χ4v) is 5.74. The summed E-state index contributed by atoms with van der Waals surface area (Å²) in [5.41, 5.74) is 1.33. The summed E-state index contributed by atoms with van der Waals surface area (Å²) in [6, 6.07) is 8.97. The largest absolute Gasteiger partial charge is 0.494 e. The first kappa shape index (κ1) is 31.0. The number of piperazine rings is 1. The minimum atomic E-state index is -0.250. The van der Waals surface area contributed by atoms with Gasteiger partial charge in [-0.25, -0.2) is 0 Å². The predicted molar refractivity (Wildman–Crippen MR) is 143 cm³/mol. The van der Waals surface area contributed by atoms with Crippen molar-refractivity contribution in [2.75, 3.05) is 73.6 Å². The number of hydrogen-bond acceptors (Lipinski definition) is 8. The maximum atomic E-state index is 10.9. The number of carbonyl (C=O) groups is 2. The van der Waals surface area contributed by atoms with Crippen LogP contribution in [0.15, 0.2) is 24.3 Å². The van der Waals surface area contributed by atoms with E-state index in [0.29, 0.717) is 12.0 Å². The number of aliphatic hydroxyl groups excluding tert-OH is 1. The van der Waals surface area contributed by atoms with Crippen LogP contribution in [0.1, 0.15) is 24.8 Å². The molecule has 2 aliphatic heterocycles. The molecule has 4 rings (SSSR count). The van der Waals surface area contributed by atoms with Gasteiger partial charge in [-0.15, -0.1) is 0 Å². The smallest absolute Gasteiger partial charge is 0.290 e. The van der Waals surface area contributed by atoms with E-state index < -0.39 is 0 Å². The third kappa shape index (κ3) is 10.6. The van der Waals surface area contributed by atoms with Gasteiger partial charge in [-0.1, -0.05) is 12.1 Å². The van der Waals surface area contributed by atoms with Gasteiger partial charge < -0.3 is 29.9 Å². The number of fused-ring (bicyclic) bond motifs is 1. The molecule has 1 saturated carbocycles. The van der Waals surface area contributed by atoms with Crippen LogP contribution in [0.4, 0.5) is 0 Å². The topological polar surface area (TPSA) is 117 Å². The molecule has 3 N–H and O–H groups in total. The molecule has 3 aliphatic rings. The molecule has 0 bridgehead atoms. The van der Waals surface area contributed by atoms with Crippen molar-refractivity contribution in [3.8, 4) is 5.75 Å². The van der Waals surface area contributed by atoms with E-state index in [-0.39, 0.29) is 19.0 Å². The van der Waals surface area contributed by atoms with E-state index in [2.05, 4.69) is 65.0 Å². The summed E-state index contributed by atoms with van der Waals surface area (Å²) in [4.78, 5) is 26.5. The van der Waals surface area contributed by atoms with E-state index in [0.717, 1.165) is 89.9 Å². The first-order chi connectivity index (χ1) is 17.8. The van der Waals surface area contributed by atoms with Crippen LogP contribution in [-0.4, -0.2) is 134 Å². The molecular weight excluding hydrogens is 476 g/mol. The molecule has 4 atom stereocenters. The van der Waals surface area contributed by atoms with Gasteiger partial charge >= 0.3 is 0 Å². The second kappa shape index (κ2) is 16.6. The highest BCUT2D eigenvalue weighted by atomic mass is 16.5. The van der Waals surface area contributed by atoms with Gasteiger partial charge in [0.2, 0.25) is 0 Å². The van der Waals surface area contributed by atoms with Crippen molar-refractivity contribution in [2.24, 2.45) is 11.8 Å². The lowest BCUT2D eigenvalue weighted by atomic mass is 9.77. The van der Waals surface area contributed by atoms with Crippen molar-refractivity contribution in [3.05, 3.63) is 29.8 Å². The lowest BCUT2D eigenvalue weighted by Crippen LogP contribution is -2.55. The van der Waals surface area contributed by atoms with Gasteiger partial charge in [0, 0.05) is 58.4 Å². The summed E-state index contributed by atoms with van der Waals surface area (Å²) in [6.45, 7) is 9.02. The Kier molecular flexibility index (Phi) is 13.9.